The van der Waals surface area contributed by atoms with Crippen molar-refractivity contribution in [2.45, 2.75) is 0 Å². The summed E-state index contributed by atoms with van der Waals surface area (Å²) in [5.74, 6) is -4.99. The fraction of sp³-hybridized carbons (Fsp3) is 0.125. The number of carboxylic acids is 3. The summed E-state index contributed by atoms with van der Waals surface area (Å²) in [5, 5.41) is 26.0. The molecule has 0 amide bonds. The van der Waals surface area contributed by atoms with Gasteiger partial charge in [-0.15, -0.1) is 0 Å². The summed E-state index contributed by atoms with van der Waals surface area (Å²) in [7, 11) is 0. The molecule has 0 aromatic rings. The molecular weight excluding hydrogens is 192 g/mol. The highest BCUT2D eigenvalue weighted by Gasteiger charge is 2.52. The Bertz CT molecular complexity index is 361. The predicted octanol–water partition coefficient (Wildman–Crippen LogP) is -0.277. The first kappa shape index (κ1) is 9.97. The van der Waals surface area contributed by atoms with Gasteiger partial charge in [0.1, 0.15) is 0 Å². The fourth-order valence-corrected chi connectivity index (χ4v) is 1.21. The monoisotopic (exact) mass is 198 g/mol. The third-order valence-corrected chi connectivity index (χ3v) is 1.94. The Labute approximate surface area is 77.8 Å². The highest BCUT2D eigenvalue weighted by atomic mass is 16.4. The van der Waals surface area contributed by atoms with Gasteiger partial charge in [0, 0.05) is 0 Å². The summed E-state index contributed by atoms with van der Waals surface area (Å²) in [4.78, 5) is 32.1. The first-order valence-corrected chi connectivity index (χ1v) is 3.53. The molecule has 0 bridgehead atoms. The molecule has 74 valence electrons. The zero-order chi connectivity index (χ0) is 10.9. The number of hydrogen-bond acceptors (Lipinski definition) is 3. The summed E-state index contributed by atoms with van der Waals surface area (Å²) >= 11 is 0. The van der Waals surface area contributed by atoms with E-state index in [0.717, 1.165) is 18.2 Å². The number of carboxylic acid groups (broad SMARTS) is 3. The van der Waals surface area contributed by atoms with Crippen molar-refractivity contribution in [1.82, 2.24) is 0 Å². The van der Waals surface area contributed by atoms with E-state index in [4.69, 9.17) is 15.3 Å². The first-order chi connectivity index (χ1) is 6.43. The third kappa shape index (κ3) is 1.08. The molecular formula is C8H6O6. The topological polar surface area (TPSA) is 112 Å². The van der Waals surface area contributed by atoms with Crippen molar-refractivity contribution in [3.8, 4) is 0 Å². The Balaban J connectivity index is 3.32. The second-order valence-corrected chi connectivity index (χ2v) is 2.66. The van der Waals surface area contributed by atoms with Crippen LogP contribution in [-0.2, 0) is 14.4 Å². The van der Waals surface area contributed by atoms with E-state index < -0.39 is 28.9 Å². The van der Waals surface area contributed by atoms with Crippen LogP contribution in [0.25, 0.3) is 0 Å². The lowest BCUT2D eigenvalue weighted by Crippen LogP contribution is -2.40. The molecule has 0 aliphatic heterocycles. The van der Waals surface area contributed by atoms with E-state index >= 15 is 0 Å². The van der Waals surface area contributed by atoms with Gasteiger partial charge >= 0.3 is 17.9 Å². The van der Waals surface area contributed by atoms with Crippen molar-refractivity contribution >= 4 is 17.9 Å². The van der Waals surface area contributed by atoms with Gasteiger partial charge < -0.3 is 15.3 Å². The molecule has 0 unspecified atom stereocenters. The minimum Gasteiger partial charge on any atom is -0.480 e. The SMILES string of the molecule is O=C(O)C1=CC=CC1(C(=O)O)C(=O)O. The fourth-order valence-electron chi connectivity index (χ4n) is 1.21. The normalized spacial score (nSPS) is 17.6. The van der Waals surface area contributed by atoms with E-state index in [1.807, 2.05) is 0 Å². The second-order valence-electron chi connectivity index (χ2n) is 2.66. The van der Waals surface area contributed by atoms with Gasteiger partial charge in [0.2, 0.25) is 5.41 Å². The lowest BCUT2D eigenvalue weighted by molar-refractivity contribution is -0.160. The maximum atomic E-state index is 10.7. The zero-order valence-corrected chi connectivity index (χ0v) is 6.80. The molecule has 0 atom stereocenters. The predicted molar refractivity (Wildman–Crippen MR) is 42.6 cm³/mol. The Kier molecular flexibility index (Phi) is 2.13. The van der Waals surface area contributed by atoms with Gasteiger partial charge in [-0.3, -0.25) is 9.59 Å². The molecule has 0 aromatic carbocycles. The number of aliphatic carboxylic acids is 3. The van der Waals surface area contributed by atoms with E-state index in [2.05, 4.69) is 0 Å². The minimum absolute atomic E-state index is 0.669. The van der Waals surface area contributed by atoms with Gasteiger partial charge in [0.05, 0.1) is 5.57 Å². The van der Waals surface area contributed by atoms with Crippen LogP contribution in [-0.4, -0.2) is 33.2 Å². The average molecular weight is 198 g/mol. The molecule has 3 N–H and O–H groups in total. The van der Waals surface area contributed by atoms with Gasteiger partial charge in [0.25, 0.3) is 0 Å². The van der Waals surface area contributed by atoms with Gasteiger partial charge in [-0.1, -0.05) is 12.2 Å². The number of allylic oxidation sites excluding steroid dienone is 2. The first-order valence-electron chi connectivity index (χ1n) is 3.53. The summed E-state index contributed by atoms with van der Waals surface area (Å²) in [5.41, 5.74) is -3.12. The summed E-state index contributed by atoms with van der Waals surface area (Å²) in [6.45, 7) is 0. The largest absolute Gasteiger partial charge is 0.480 e. The van der Waals surface area contributed by atoms with Gasteiger partial charge in [-0.25, -0.2) is 4.79 Å². The van der Waals surface area contributed by atoms with Crippen LogP contribution in [0.5, 0.6) is 0 Å². The summed E-state index contributed by atoms with van der Waals surface area (Å²) < 4.78 is 0. The van der Waals surface area contributed by atoms with Crippen molar-refractivity contribution in [1.29, 1.82) is 0 Å². The van der Waals surface area contributed by atoms with Crippen molar-refractivity contribution in [2.24, 2.45) is 5.41 Å². The number of hydrogen-bond donors (Lipinski definition) is 3. The smallest absolute Gasteiger partial charge is 0.333 e. The molecule has 1 rings (SSSR count). The van der Waals surface area contributed by atoms with Crippen LogP contribution in [0, 0.1) is 5.41 Å². The van der Waals surface area contributed by atoms with E-state index in [0.29, 0.717) is 0 Å². The van der Waals surface area contributed by atoms with Gasteiger partial charge in [-0.2, -0.15) is 0 Å². The number of rotatable bonds is 3. The van der Waals surface area contributed by atoms with Crippen LogP contribution >= 0.6 is 0 Å². The Morgan fingerprint density at radius 1 is 1.07 bits per heavy atom. The highest BCUT2D eigenvalue weighted by Crippen LogP contribution is 2.34. The molecule has 0 saturated carbocycles. The molecule has 0 saturated heterocycles. The minimum atomic E-state index is -2.45. The third-order valence-electron chi connectivity index (χ3n) is 1.94. The van der Waals surface area contributed by atoms with Crippen molar-refractivity contribution in [2.75, 3.05) is 0 Å². The Morgan fingerprint density at radius 2 is 1.57 bits per heavy atom. The van der Waals surface area contributed by atoms with Gasteiger partial charge in [0.15, 0.2) is 0 Å². The molecule has 14 heavy (non-hydrogen) atoms. The average Bonchev–Trinajstić information content (AvgIpc) is 2.47. The van der Waals surface area contributed by atoms with Crippen LogP contribution in [0.4, 0.5) is 0 Å². The maximum absolute atomic E-state index is 10.7. The lowest BCUT2D eigenvalue weighted by atomic mass is 9.83. The van der Waals surface area contributed by atoms with Crippen molar-refractivity contribution in [3.63, 3.8) is 0 Å². The van der Waals surface area contributed by atoms with Crippen molar-refractivity contribution in [3.05, 3.63) is 23.8 Å². The van der Waals surface area contributed by atoms with E-state index in [-0.39, 0.29) is 0 Å². The molecule has 0 heterocycles. The Hall–Kier alpha value is -2.11. The maximum Gasteiger partial charge on any atom is 0.333 e. The molecule has 1 aliphatic carbocycles. The van der Waals surface area contributed by atoms with Crippen LogP contribution in [0.15, 0.2) is 23.8 Å². The zero-order valence-electron chi connectivity index (χ0n) is 6.80. The van der Waals surface area contributed by atoms with Crippen LogP contribution < -0.4 is 0 Å². The lowest BCUT2D eigenvalue weighted by Gasteiger charge is -2.18. The quantitative estimate of drug-likeness (QED) is 0.538. The van der Waals surface area contributed by atoms with E-state index in [1.54, 1.807) is 0 Å². The summed E-state index contributed by atoms with van der Waals surface area (Å²) in [6, 6.07) is 0. The number of carbonyl (C=O) groups is 3. The van der Waals surface area contributed by atoms with E-state index in [9.17, 15) is 14.4 Å². The van der Waals surface area contributed by atoms with Crippen LogP contribution in [0.3, 0.4) is 0 Å². The molecule has 6 heteroatoms. The highest BCUT2D eigenvalue weighted by molar-refractivity contribution is 6.13. The Morgan fingerprint density at radius 3 is 1.86 bits per heavy atom. The molecule has 0 aromatic heterocycles. The second kappa shape index (κ2) is 2.99. The molecule has 0 radical (unpaired) electrons. The molecule has 6 nitrogen and oxygen atoms in total. The summed E-state index contributed by atoms with van der Waals surface area (Å²) in [6.07, 6.45) is 2.90. The van der Waals surface area contributed by atoms with E-state index in [1.165, 1.54) is 0 Å². The van der Waals surface area contributed by atoms with Crippen LogP contribution in [0.2, 0.25) is 0 Å². The molecule has 0 spiro atoms. The van der Waals surface area contributed by atoms with Crippen LogP contribution in [0.1, 0.15) is 0 Å². The van der Waals surface area contributed by atoms with Crippen molar-refractivity contribution < 1.29 is 29.7 Å². The van der Waals surface area contributed by atoms with Gasteiger partial charge in [-0.05, 0) is 6.08 Å². The standard InChI is InChI=1S/C8H6O6/c9-5(10)4-2-1-3-8(4,6(11)12)7(13)14/h1-3H,(H,9,10)(H,11,12)(H,13,14). The molecule has 0 fully saturated rings. The molecule has 1 aliphatic rings.